The molecular weight excluding hydrogens is 268 g/mol. The van der Waals surface area contributed by atoms with E-state index in [0.717, 1.165) is 18.3 Å². The van der Waals surface area contributed by atoms with E-state index in [-0.39, 0.29) is 16.8 Å². The molecule has 20 heavy (non-hydrogen) atoms. The Morgan fingerprint density at radius 1 is 1.10 bits per heavy atom. The maximum atomic E-state index is 13.4. The van der Waals surface area contributed by atoms with Gasteiger partial charge in [0.15, 0.2) is 5.82 Å². The number of nitrogens with zero attached hydrogens (tertiary/aromatic N) is 1. The van der Waals surface area contributed by atoms with E-state index in [1.165, 1.54) is 18.3 Å². The molecule has 1 aromatic heterocycles. The number of benzene rings is 1. The third-order valence-electron chi connectivity index (χ3n) is 2.51. The number of nitrogens with one attached hydrogen (secondary N) is 1. The largest absolute Gasteiger partial charge is 0.366 e. The van der Waals surface area contributed by atoms with Crippen molar-refractivity contribution in [2.24, 2.45) is 5.73 Å². The Kier molecular flexibility index (Phi) is 3.69. The first-order valence-electron chi connectivity index (χ1n) is 5.49. The summed E-state index contributed by atoms with van der Waals surface area (Å²) in [7, 11) is 0. The quantitative estimate of drug-likeness (QED) is 0.895. The van der Waals surface area contributed by atoms with Crippen LogP contribution in [0, 0.1) is 11.6 Å². The molecule has 2 rings (SSSR count). The van der Waals surface area contributed by atoms with E-state index in [1.54, 1.807) is 0 Å². The Balaban J connectivity index is 2.27. The molecule has 3 N–H and O–H groups in total. The first-order valence-corrected chi connectivity index (χ1v) is 5.49. The van der Waals surface area contributed by atoms with Crippen molar-refractivity contribution < 1.29 is 18.4 Å². The van der Waals surface area contributed by atoms with Crippen molar-refractivity contribution in [1.29, 1.82) is 0 Å². The number of carbonyl (C=O) groups is 2. The average Bonchev–Trinajstić information content (AvgIpc) is 2.41. The number of hydrogen-bond acceptors (Lipinski definition) is 3. The van der Waals surface area contributed by atoms with Gasteiger partial charge in [0, 0.05) is 11.9 Å². The predicted molar refractivity (Wildman–Crippen MR) is 67.1 cm³/mol. The first-order chi connectivity index (χ1) is 9.49. The smallest absolute Gasteiger partial charge is 0.258 e. The van der Waals surface area contributed by atoms with Gasteiger partial charge in [-0.15, -0.1) is 0 Å². The average molecular weight is 277 g/mol. The van der Waals surface area contributed by atoms with Crippen molar-refractivity contribution in [2.75, 3.05) is 5.32 Å². The van der Waals surface area contributed by atoms with Gasteiger partial charge in [-0.05, 0) is 24.3 Å². The highest BCUT2D eigenvalue weighted by atomic mass is 19.1. The molecule has 1 aromatic carbocycles. The molecule has 0 saturated heterocycles. The minimum Gasteiger partial charge on any atom is -0.366 e. The van der Waals surface area contributed by atoms with Crippen LogP contribution in [-0.2, 0) is 0 Å². The lowest BCUT2D eigenvalue weighted by Crippen LogP contribution is -2.16. The molecule has 0 saturated carbocycles. The highest BCUT2D eigenvalue weighted by molar-refractivity contribution is 6.05. The zero-order valence-electron chi connectivity index (χ0n) is 10.1. The van der Waals surface area contributed by atoms with Crippen LogP contribution in [0.25, 0.3) is 0 Å². The van der Waals surface area contributed by atoms with Crippen LogP contribution >= 0.6 is 0 Å². The van der Waals surface area contributed by atoms with Gasteiger partial charge in [0.1, 0.15) is 5.82 Å². The number of pyridine rings is 1. The summed E-state index contributed by atoms with van der Waals surface area (Å²) in [5, 5.41) is 2.34. The van der Waals surface area contributed by atoms with Gasteiger partial charge >= 0.3 is 0 Å². The number of rotatable bonds is 3. The lowest BCUT2D eigenvalue weighted by molar-refractivity contribution is 0.0992. The molecular formula is C13H9F2N3O2. The first kappa shape index (κ1) is 13.6. The van der Waals surface area contributed by atoms with E-state index in [1.807, 2.05) is 0 Å². The van der Waals surface area contributed by atoms with Gasteiger partial charge in [-0.2, -0.15) is 0 Å². The van der Waals surface area contributed by atoms with Crippen LogP contribution in [0.15, 0.2) is 36.7 Å². The van der Waals surface area contributed by atoms with Gasteiger partial charge in [0.25, 0.3) is 11.8 Å². The fourth-order valence-corrected chi connectivity index (χ4v) is 1.55. The van der Waals surface area contributed by atoms with Crippen LogP contribution in [0.2, 0.25) is 0 Å². The lowest BCUT2D eigenvalue weighted by Gasteiger charge is -2.07. The molecule has 0 radical (unpaired) electrons. The van der Waals surface area contributed by atoms with Gasteiger partial charge in [0.05, 0.1) is 17.3 Å². The van der Waals surface area contributed by atoms with Gasteiger partial charge < -0.3 is 11.1 Å². The Morgan fingerprint density at radius 3 is 2.50 bits per heavy atom. The van der Waals surface area contributed by atoms with Gasteiger partial charge in [-0.1, -0.05) is 0 Å². The van der Waals surface area contributed by atoms with E-state index >= 15 is 0 Å². The molecule has 0 fully saturated rings. The van der Waals surface area contributed by atoms with E-state index in [4.69, 9.17) is 5.73 Å². The van der Waals surface area contributed by atoms with E-state index < -0.39 is 23.4 Å². The zero-order valence-corrected chi connectivity index (χ0v) is 10.1. The monoisotopic (exact) mass is 277 g/mol. The number of nitrogens with two attached hydrogens (primary N) is 1. The standard InChI is InChI=1S/C13H9F2N3O2/c14-10-2-1-7(5-9(10)12(16)19)18-13(20)8-3-4-17-6-11(8)15/h1-6H,(H2,16,19)(H,18,20). The van der Waals surface area contributed by atoms with Crippen LogP contribution in [0.3, 0.4) is 0 Å². The molecule has 0 aliphatic carbocycles. The molecule has 0 aliphatic rings. The summed E-state index contributed by atoms with van der Waals surface area (Å²) in [5.74, 6) is -3.30. The van der Waals surface area contributed by atoms with Crippen molar-refractivity contribution in [2.45, 2.75) is 0 Å². The summed E-state index contributed by atoms with van der Waals surface area (Å²) in [4.78, 5) is 26.3. The van der Waals surface area contributed by atoms with Crippen molar-refractivity contribution in [3.8, 4) is 0 Å². The molecule has 0 spiro atoms. The van der Waals surface area contributed by atoms with Crippen LogP contribution in [0.5, 0.6) is 0 Å². The van der Waals surface area contributed by atoms with Crippen molar-refractivity contribution in [3.63, 3.8) is 0 Å². The Bertz CT molecular complexity index is 689. The fourth-order valence-electron chi connectivity index (χ4n) is 1.55. The minimum atomic E-state index is -0.964. The maximum Gasteiger partial charge on any atom is 0.258 e. The Hall–Kier alpha value is -2.83. The molecule has 5 nitrogen and oxygen atoms in total. The molecule has 0 unspecified atom stereocenters. The number of carbonyl (C=O) groups excluding carboxylic acids is 2. The lowest BCUT2D eigenvalue weighted by atomic mass is 10.1. The van der Waals surface area contributed by atoms with E-state index in [0.29, 0.717) is 0 Å². The van der Waals surface area contributed by atoms with E-state index in [2.05, 4.69) is 10.3 Å². The summed E-state index contributed by atoms with van der Waals surface area (Å²) in [6.07, 6.45) is 2.16. The summed E-state index contributed by atoms with van der Waals surface area (Å²) in [6, 6.07) is 4.50. The topological polar surface area (TPSA) is 85.1 Å². The molecule has 2 aromatic rings. The second kappa shape index (κ2) is 5.43. The van der Waals surface area contributed by atoms with Crippen LogP contribution in [-0.4, -0.2) is 16.8 Å². The molecule has 1 heterocycles. The number of anilines is 1. The number of primary amides is 1. The summed E-state index contributed by atoms with van der Waals surface area (Å²) in [5.41, 5.74) is 4.54. The number of hydrogen-bond donors (Lipinski definition) is 2. The van der Waals surface area contributed by atoms with Crippen LogP contribution in [0.1, 0.15) is 20.7 Å². The summed E-state index contributed by atoms with van der Waals surface area (Å²) in [6.45, 7) is 0. The summed E-state index contributed by atoms with van der Waals surface area (Å²) >= 11 is 0. The third kappa shape index (κ3) is 2.77. The molecule has 0 aliphatic heterocycles. The highest BCUT2D eigenvalue weighted by Gasteiger charge is 2.14. The van der Waals surface area contributed by atoms with E-state index in [9.17, 15) is 18.4 Å². The molecule has 2 amide bonds. The SMILES string of the molecule is NC(=O)c1cc(NC(=O)c2ccncc2F)ccc1F. The van der Waals surface area contributed by atoms with Gasteiger partial charge in [-0.3, -0.25) is 14.6 Å². The minimum absolute atomic E-state index is 0.126. The number of aromatic nitrogens is 1. The van der Waals surface area contributed by atoms with Crippen molar-refractivity contribution >= 4 is 17.5 Å². The predicted octanol–water partition coefficient (Wildman–Crippen LogP) is 1.71. The third-order valence-corrected chi connectivity index (χ3v) is 2.51. The second-order valence-corrected chi connectivity index (χ2v) is 3.87. The van der Waals surface area contributed by atoms with Crippen LogP contribution < -0.4 is 11.1 Å². The zero-order chi connectivity index (χ0) is 14.7. The highest BCUT2D eigenvalue weighted by Crippen LogP contribution is 2.16. The molecule has 102 valence electrons. The van der Waals surface area contributed by atoms with Gasteiger partial charge in [-0.25, -0.2) is 8.78 Å². The Morgan fingerprint density at radius 2 is 1.85 bits per heavy atom. The van der Waals surface area contributed by atoms with Gasteiger partial charge in [0.2, 0.25) is 0 Å². The van der Waals surface area contributed by atoms with Crippen molar-refractivity contribution in [1.82, 2.24) is 4.98 Å². The molecule has 7 heteroatoms. The van der Waals surface area contributed by atoms with Crippen LogP contribution in [0.4, 0.5) is 14.5 Å². The van der Waals surface area contributed by atoms with Crippen molar-refractivity contribution in [3.05, 3.63) is 59.4 Å². The normalized spacial score (nSPS) is 10.1. The number of halogens is 2. The molecule has 0 atom stereocenters. The maximum absolute atomic E-state index is 13.4. The Labute approximate surface area is 112 Å². The fraction of sp³-hybridized carbons (Fsp3) is 0. The second-order valence-electron chi connectivity index (χ2n) is 3.87. The summed E-state index contributed by atoms with van der Waals surface area (Å²) < 4.78 is 26.6. The number of amides is 2. The molecule has 0 bridgehead atoms.